The smallest absolute Gasteiger partial charge is 0.264 e. The summed E-state index contributed by atoms with van der Waals surface area (Å²) in [6.07, 6.45) is 1.80. The maximum absolute atomic E-state index is 14.5. The second-order valence-corrected chi connectivity index (χ2v) is 9.81. The van der Waals surface area contributed by atoms with Gasteiger partial charge in [0.15, 0.2) is 0 Å². The summed E-state index contributed by atoms with van der Waals surface area (Å²) in [6.45, 7) is 3.23. The minimum atomic E-state index is -0.578. The number of aromatic nitrogens is 2. The van der Waals surface area contributed by atoms with Gasteiger partial charge in [0, 0.05) is 47.7 Å². The van der Waals surface area contributed by atoms with Crippen molar-refractivity contribution in [2.75, 3.05) is 13.1 Å². The minimum Gasteiger partial charge on any atom is -0.336 e. The van der Waals surface area contributed by atoms with Crippen LogP contribution in [0.15, 0.2) is 42.5 Å². The highest BCUT2D eigenvalue weighted by molar-refractivity contribution is 7.18. The number of thiophene rings is 1. The number of aryl methyl sites for hydroxylation is 2. The number of amides is 1. The second-order valence-electron chi connectivity index (χ2n) is 8.75. The molecule has 2 N–H and O–H groups in total. The van der Waals surface area contributed by atoms with Crippen molar-refractivity contribution in [2.45, 2.75) is 25.8 Å². The number of piperidine rings is 1. The van der Waals surface area contributed by atoms with Crippen molar-refractivity contribution in [3.63, 3.8) is 0 Å². The van der Waals surface area contributed by atoms with E-state index in [1.807, 2.05) is 42.9 Å². The molecule has 3 heterocycles. The van der Waals surface area contributed by atoms with Gasteiger partial charge in [0.1, 0.15) is 11.9 Å². The van der Waals surface area contributed by atoms with E-state index < -0.39 is 5.82 Å². The summed E-state index contributed by atoms with van der Waals surface area (Å²) in [5.41, 5.74) is 10.4. The number of hydrogen-bond acceptors (Lipinski definition) is 5. The molecule has 1 fully saturated rings. The second kappa shape index (κ2) is 8.67. The van der Waals surface area contributed by atoms with E-state index in [1.165, 1.54) is 23.5 Å². The van der Waals surface area contributed by atoms with Gasteiger partial charge in [-0.05, 0) is 61.2 Å². The van der Waals surface area contributed by atoms with Crippen LogP contribution < -0.4 is 5.73 Å². The van der Waals surface area contributed by atoms with Gasteiger partial charge in [0.05, 0.1) is 16.0 Å². The van der Waals surface area contributed by atoms with E-state index in [2.05, 4.69) is 11.2 Å². The summed E-state index contributed by atoms with van der Waals surface area (Å²) in [7, 11) is 1.91. The van der Waals surface area contributed by atoms with Crippen molar-refractivity contribution in [3.8, 4) is 27.6 Å². The molecule has 4 aromatic rings. The molecule has 6 nitrogen and oxygen atoms in total. The van der Waals surface area contributed by atoms with Crippen molar-refractivity contribution in [1.29, 1.82) is 5.26 Å². The lowest BCUT2D eigenvalue weighted by Gasteiger charge is -2.30. The van der Waals surface area contributed by atoms with Crippen molar-refractivity contribution >= 4 is 28.1 Å². The van der Waals surface area contributed by atoms with E-state index in [1.54, 1.807) is 11.0 Å². The zero-order valence-corrected chi connectivity index (χ0v) is 19.8. The molecule has 1 atom stereocenters. The van der Waals surface area contributed by atoms with E-state index in [0.29, 0.717) is 23.5 Å². The lowest BCUT2D eigenvalue weighted by Crippen LogP contribution is -2.45. The molecular weight excluding hydrogens is 449 g/mol. The van der Waals surface area contributed by atoms with Gasteiger partial charge >= 0.3 is 0 Å². The number of fused-ring (bicyclic) bond motifs is 1. The molecule has 0 radical (unpaired) electrons. The van der Waals surface area contributed by atoms with Crippen LogP contribution in [0.5, 0.6) is 0 Å². The molecule has 172 valence electrons. The van der Waals surface area contributed by atoms with E-state index >= 15 is 0 Å². The first kappa shape index (κ1) is 22.3. The van der Waals surface area contributed by atoms with E-state index in [4.69, 9.17) is 11.0 Å². The fourth-order valence-electron chi connectivity index (χ4n) is 4.51. The van der Waals surface area contributed by atoms with Crippen LogP contribution in [0.3, 0.4) is 0 Å². The largest absolute Gasteiger partial charge is 0.336 e. The summed E-state index contributed by atoms with van der Waals surface area (Å²) in [5.74, 6) is -0.633. The molecule has 1 aliphatic rings. The van der Waals surface area contributed by atoms with Crippen LogP contribution in [0, 0.1) is 24.1 Å². The van der Waals surface area contributed by atoms with Crippen LogP contribution >= 0.6 is 11.3 Å². The maximum Gasteiger partial charge on any atom is 0.264 e. The maximum atomic E-state index is 14.5. The average Bonchev–Trinajstić information content (AvgIpc) is 3.40. The number of hydrogen-bond donors (Lipinski definition) is 1. The molecule has 2 aromatic carbocycles. The Kier molecular flexibility index (Phi) is 5.68. The van der Waals surface area contributed by atoms with Crippen LogP contribution in [0.25, 0.3) is 32.5 Å². The van der Waals surface area contributed by atoms with Crippen LogP contribution in [-0.4, -0.2) is 39.7 Å². The molecule has 0 spiro atoms. The van der Waals surface area contributed by atoms with Crippen molar-refractivity contribution in [3.05, 3.63) is 64.4 Å². The number of benzene rings is 2. The van der Waals surface area contributed by atoms with Gasteiger partial charge in [-0.1, -0.05) is 12.1 Å². The first-order valence-electron chi connectivity index (χ1n) is 11.2. The van der Waals surface area contributed by atoms with E-state index in [0.717, 1.165) is 45.4 Å². The Labute approximate surface area is 201 Å². The highest BCUT2D eigenvalue weighted by Gasteiger charge is 2.26. The topological polar surface area (TPSA) is 87.9 Å². The van der Waals surface area contributed by atoms with Crippen molar-refractivity contribution in [1.82, 2.24) is 14.7 Å². The summed E-state index contributed by atoms with van der Waals surface area (Å²) >= 11 is 1.40. The van der Waals surface area contributed by atoms with Gasteiger partial charge in [-0.25, -0.2) is 4.39 Å². The van der Waals surface area contributed by atoms with Crippen LogP contribution in [-0.2, 0) is 7.05 Å². The number of nitrogens with zero attached hydrogens (tertiary/aromatic N) is 4. The Bertz CT molecular complexity index is 1460. The third kappa shape index (κ3) is 3.87. The predicted molar refractivity (Wildman–Crippen MR) is 132 cm³/mol. The zero-order chi connectivity index (χ0) is 24.0. The van der Waals surface area contributed by atoms with Crippen molar-refractivity contribution in [2.24, 2.45) is 12.8 Å². The summed E-state index contributed by atoms with van der Waals surface area (Å²) in [6, 6.07) is 14.3. The Balaban J connectivity index is 1.65. The van der Waals surface area contributed by atoms with Gasteiger partial charge in [-0.3, -0.25) is 9.48 Å². The Morgan fingerprint density at radius 1 is 1.24 bits per heavy atom. The molecule has 34 heavy (non-hydrogen) atoms. The molecule has 0 aliphatic carbocycles. The third-order valence-electron chi connectivity index (χ3n) is 6.48. The molecule has 1 amide bonds. The van der Waals surface area contributed by atoms with Gasteiger partial charge < -0.3 is 10.6 Å². The Morgan fingerprint density at radius 3 is 2.76 bits per heavy atom. The quantitative estimate of drug-likeness (QED) is 0.461. The van der Waals surface area contributed by atoms with Gasteiger partial charge in [-0.2, -0.15) is 10.4 Å². The Morgan fingerprint density at radius 2 is 2.03 bits per heavy atom. The highest BCUT2D eigenvalue weighted by atomic mass is 32.1. The van der Waals surface area contributed by atoms with E-state index in [-0.39, 0.29) is 17.5 Å². The zero-order valence-electron chi connectivity index (χ0n) is 19.0. The van der Waals surface area contributed by atoms with E-state index in [9.17, 15) is 9.18 Å². The van der Waals surface area contributed by atoms with Crippen LogP contribution in [0.1, 0.15) is 33.8 Å². The lowest BCUT2D eigenvalue weighted by molar-refractivity contribution is 0.0714. The highest BCUT2D eigenvalue weighted by Crippen LogP contribution is 2.41. The summed E-state index contributed by atoms with van der Waals surface area (Å²) in [4.78, 5) is 16.6. The van der Waals surface area contributed by atoms with Crippen LogP contribution in [0.2, 0.25) is 0 Å². The molecule has 0 saturated carbocycles. The first-order valence-corrected chi connectivity index (χ1v) is 12.0. The fourth-order valence-corrected chi connectivity index (χ4v) is 5.66. The number of nitrogens with two attached hydrogens (primary N) is 1. The average molecular weight is 474 g/mol. The number of rotatable bonds is 3. The lowest BCUT2D eigenvalue weighted by atomic mass is 9.99. The molecule has 1 saturated heterocycles. The number of likely N-dealkylation sites (tertiary alicyclic amines) is 1. The number of carbonyl (C=O) groups excluding carboxylic acids is 1. The molecule has 8 heteroatoms. The predicted octanol–water partition coefficient (Wildman–Crippen LogP) is 4.85. The summed E-state index contributed by atoms with van der Waals surface area (Å²) < 4.78 is 16.4. The normalized spacial score (nSPS) is 16.1. The van der Waals surface area contributed by atoms with Gasteiger partial charge in [0.2, 0.25) is 0 Å². The van der Waals surface area contributed by atoms with Gasteiger partial charge in [0.25, 0.3) is 5.91 Å². The Hall–Kier alpha value is -3.54. The summed E-state index contributed by atoms with van der Waals surface area (Å²) in [5, 5.41) is 14.7. The molecule has 0 unspecified atom stereocenters. The van der Waals surface area contributed by atoms with Gasteiger partial charge in [-0.15, -0.1) is 11.3 Å². The van der Waals surface area contributed by atoms with Crippen LogP contribution in [0.4, 0.5) is 4.39 Å². The monoisotopic (exact) mass is 473 g/mol. The molecule has 0 bridgehead atoms. The van der Waals surface area contributed by atoms with Crippen molar-refractivity contribution < 1.29 is 9.18 Å². The third-order valence-corrected chi connectivity index (χ3v) is 7.65. The number of nitriles is 1. The fraction of sp³-hybridized carbons (Fsp3) is 0.269. The SMILES string of the molecule is Cc1c2cc(-c3sc(C(=O)N4CCC[C@@H](N)C4)cc3-c3ccc(C#N)c(F)c3)ccc2nn1C. The molecule has 2 aromatic heterocycles. The molecular formula is C26H24FN5OS. The standard InChI is InChI=1S/C26H24FN5OS/c1-15-20-10-17(7-8-23(20)30-31(15)2)25-21(16-5-6-18(13-28)22(27)11-16)12-24(34-25)26(33)32-9-3-4-19(29)14-32/h5-8,10-12,19H,3-4,9,14,29H2,1-2H3/t19-/m1/s1. The minimum absolute atomic E-state index is 0.00784. The number of carbonyl (C=O) groups is 1. The molecule has 1 aliphatic heterocycles. The first-order chi connectivity index (χ1) is 16.4. The number of halogens is 1. The molecule has 5 rings (SSSR count).